The molecule has 1 fully saturated rings. The summed E-state index contributed by atoms with van der Waals surface area (Å²) in [7, 11) is 1.65. The van der Waals surface area contributed by atoms with E-state index in [0.717, 1.165) is 34.5 Å². The highest BCUT2D eigenvalue weighted by Gasteiger charge is 2.19. The number of ether oxygens (including phenoxy) is 1. The van der Waals surface area contributed by atoms with Crippen LogP contribution >= 0.6 is 15.9 Å². The zero-order valence-corrected chi connectivity index (χ0v) is 12.4. The summed E-state index contributed by atoms with van der Waals surface area (Å²) in [5, 5.41) is 10.3. The molecule has 2 rings (SSSR count). The lowest BCUT2D eigenvalue weighted by atomic mass is 9.96. The molecule has 0 amide bonds. The van der Waals surface area contributed by atoms with Crippen LogP contribution in [0.3, 0.4) is 0 Å². The molecule has 0 heterocycles. The van der Waals surface area contributed by atoms with Gasteiger partial charge < -0.3 is 9.84 Å². The van der Waals surface area contributed by atoms with E-state index in [0.29, 0.717) is 0 Å². The molecule has 3 heteroatoms. The predicted octanol–water partition coefficient (Wildman–Crippen LogP) is 4.46. The maximum Gasteiger partial charge on any atom is 0.124 e. The van der Waals surface area contributed by atoms with Gasteiger partial charge in [-0.3, -0.25) is 0 Å². The van der Waals surface area contributed by atoms with E-state index >= 15 is 0 Å². The molecular formula is C15H21BrO2. The molecule has 100 valence electrons. The Bertz CT molecular complexity index is 386. The molecule has 1 saturated carbocycles. The number of aliphatic hydroxyl groups is 1. The van der Waals surface area contributed by atoms with E-state index in [9.17, 15) is 5.11 Å². The van der Waals surface area contributed by atoms with Gasteiger partial charge in [0.15, 0.2) is 0 Å². The first-order valence-corrected chi connectivity index (χ1v) is 7.51. The smallest absolute Gasteiger partial charge is 0.124 e. The van der Waals surface area contributed by atoms with Crippen LogP contribution in [0.5, 0.6) is 5.75 Å². The van der Waals surface area contributed by atoms with Crippen molar-refractivity contribution in [2.45, 2.75) is 44.6 Å². The van der Waals surface area contributed by atoms with Crippen molar-refractivity contribution in [3.05, 3.63) is 28.2 Å². The lowest BCUT2D eigenvalue weighted by Crippen LogP contribution is -2.03. The van der Waals surface area contributed by atoms with E-state index in [-0.39, 0.29) is 0 Å². The van der Waals surface area contributed by atoms with Crippen molar-refractivity contribution in [2.75, 3.05) is 7.11 Å². The summed E-state index contributed by atoms with van der Waals surface area (Å²) in [6.07, 6.45) is 6.93. The van der Waals surface area contributed by atoms with Gasteiger partial charge in [-0.25, -0.2) is 0 Å². The van der Waals surface area contributed by atoms with Crippen LogP contribution in [0.2, 0.25) is 0 Å². The Labute approximate surface area is 117 Å². The Hall–Kier alpha value is -0.540. The van der Waals surface area contributed by atoms with Crippen molar-refractivity contribution in [1.82, 2.24) is 0 Å². The summed E-state index contributed by atoms with van der Waals surface area (Å²) >= 11 is 3.44. The summed E-state index contributed by atoms with van der Waals surface area (Å²) < 4.78 is 6.30. The first-order chi connectivity index (χ1) is 8.70. The third-order valence-electron chi connectivity index (χ3n) is 3.87. The van der Waals surface area contributed by atoms with E-state index in [1.165, 1.54) is 25.7 Å². The third-order valence-corrected chi connectivity index (χ3v) is 4.37. The molecule has 0 saturated heterocycles. The molecule has 1 atom stereocenters. The molecule has 18 heavy (non-hydrogen) atoms. The molecule has 1 aromatic rings. The molecule has 0 aromatic heterocycles. The second kappa shape index (κ2) is 6.58. The number of aliphatic hydroxyl groups excluding tert-OH is 1. The van der Waals surface area contributed by atoms with Crippen molar-refractivity contribution in [1.29, 1.82) is 0 Å². The highest BCUT2D eigenvalue weighted by molar-refractivity contribution is 9.10. The highest BCUT2D eigenvalue weighted by Crippen LogP contribution is 2.34. The van der Waals surface area contributed by atoms with Crippen molar-refractivity contribution >= 4 is 15.9 Å². The fraction of sp³-hybridized carbons (Fsp3) is 0.600. The SMILES string of the molecule is COc1ccc(Br)cc1C(O)CCC1CCCC1. The molecule has 1 N–H and O–H groups in total. The van der Waals surface area contributed by atoms with Gasteiger partial charge >= 0.3 is 0 Å². The van der Waals surface area contributed by atoms with E-state index < -0.39 is 6.10 Å². The summed E-state index contributed by atoms with van der Waals surface area (Å²) in [5.41, 5.74) is 0.893. The Morgan fingerprint density at radius 1 is 1.39 bits per heavy atom. The molecule has 2 nitrogen and oxygen atoms in total. The lowest BCUT2D eigenvalue weighted by Gasteiger charge is -2.17. The Morgan fingerprint density at radius 3 is 2.78 bits per heavy atom. The molecule has 0 radical (unpaired) electrons. The largest absolute Gasteiger partial charge is 0.496 e. The van der Waals surface area contributed by atoms with Crippen LogP contribution in [0.4, 0.5) is 0 Å². The summed E-state index contributed by atoms with van der Waals surface area (Å²) in [5.74, 6) is 1.59. The van der Waals surface area contributed by atoms with Crippen molar-refractivity contribution < 1.29 is 9.84 Å². The highest BCUT2D eigenvalue weighted by atomic mass is 79.9. The van der Waals surface area contributed by atoms with E-state index in [1.54, 1.807) is 7.11 Å². The fourth-order valence-corrected chi connectivity index (χ4v) is 3.19. The van der Waals surface area contributed by atoms with E-state index in [1.807, 2.05) is 18.2 Å². The molecule has 0 spiro atoms. The minimum atomic E-state index is -0.418. The van der Waals surface area contributed by atoms with Crippen LogP contribution in [-0.2, 0) is 0 Å². The van der Waals surface area contributed by atoms with Crippen molar-refractivity contribution in [3.8, 4) is 5.75 Å². The van der Waals surface area contributed by atoms with E-state index in [4.69, 9.17) is 4.74 Å². The van der Waals surface area contributed by atoms with Gasteiger partial charge in [-0.1, -0.05) is 41.6 Å². The van der Waals surface area contributed by atoms with Crippen LogP contribution in [-0.4, -0.2) is 12.2 Å². The molecule has 1 aliphatic carbocycles. The second-order valence-corrected chi connectivity index (χ2v) is 6.05. The number of rotatable bonds is 5. The molecule has 1 unspecified atom stereocenters. The predicted molar refractivity (Wildman–Crippen MR) is 76.8 cm³/mol. The van der Waals surface area contributed by atoms with Crippen LogP contribution in [0.1, 0.15) is 50.2 Å². The maximum absolute atomic E-state index is 10.3. The van der Waals surface area contributed by atoms with Crippen LogP contribution in [0.15, 0.2) is 22.7 Å². The van der Waals surface area contributed by atoms with Crippen LogP contribution < -0.4 is 4.74 Å². The molecule has 0 aliphatic heterocycles. The molecule has 0 bridgehead atoms. The van der Waals surface area contributed by atoms with E-state index in [2.05, 4.69) is 15.9 Å². The van der Waals surface area contributed by atoms with Gasteiger partial charge in [-0.15, -0.1) is 0 Å². The lowest BCUT2D eigenvalue weighted by molar-refractivity contribution is 0.153. The van der Waals surface area contributed by atoms with Gasteiger partial charge in [0.25, 0.3) is 0 Å². The first-order valence-electron chi connectivity index (χ1n) is 6.72. The van der Waals surface area contributed by atoms with Gasteiger partial charge in [0, 0.05) is 10.0 Å². The Kier molecular flexibility index (Phi) is 5.07. The Balaban J connectivity index is 1.98. The number of methoxy groups -OCH3 is 1. The molecule has 1 aliphatic rings. The summed E-state index contributed by atoms with van der Waals surface area (Å²) in [4.78, 5) is 0. The van der Waals surface area contributed by atoms with Gasteiger partial charge in [0.05, 0.1) is 13.2 Å². The number of benzene rings is 1. The molecule has 1 aromatic carbocycles. The van der Waals surface area contributed by atoms with Gasteiger partial charge in [-0.2, -0.15) is 0 Å². The fourth-order valence-electron chi connectivity index (χ4n) is 2.81. The van der Waals surface area contributed by atoms with Crippen molar-refractivity contribution in [3.63, 3.8) is 0 Å². The maximum atomic E-state index is 10.3. The first kappa shape index (κ1) is 13.9. The van der Waals surface area contributed by atoms with Crippen LogP contribution in [0.25, 0.3) is 0 Å². The number of halogens is 1. The minimum Gasteiger partial charge on any atom is -0.496 e. The number of hydrogen-bond donors (Lipinski definition) is 1. The Morgan fingerprint density at radius 2 is 2.11 bits per heavy atom. The van der Waals surface area contributed by atoms with Crippen LogP contribution in [0, 0.1) is 5.92 Å². The van der Waals surface area contributed by atoms with Gasteiger partial charge in [-0.05, 0) is 37.0 Å². The quantitative estimate of drug-likeness (QED) is 0.869. The average molecular weight is 313 g/mol. The zero-order valence-electron chi connectivity index (χ0n) is 10.9. The second-order valence-electron chi connectivity index (χ2n) is 5.13. The minimum absolute atomic E-state index is 0.418. The number of hydrogen-bond acceptors (Lipinski definition) is 2. The monoisotopic (exact) mass is 312 g/mol. The summed E-state index contributed by atoms with van der Waals surface area (Å²) in [6.45, 7) is 0. The topological polar surface area (TPSA) is 29.5 Å². The average Bonchev–Trinajstić information content (AvgIpc) is 2.89. The molecular weight excluding hydrogens is 292 g/mol. The zero-order chi connectivity index (χ0) is 13.0. The van der Waals surface area contributed by atoms with Crippen molar-refractivity contribution in [2.24, 2.45) is 5.92 Å². The normalized spacial score (nSPS) is 17.9. The van der Waals surface area contributed by atoms with Gasteiger partial charge in [0.2, 0.25) is 0 Å². The third kappa shape index (κ3) is 3.48. The standard InChI is InChI=1S/C15H21BrO2/c1-18-15-9-7-12(16)10-13(15)14(17)8-6-11-4-2-3-5-11/h7,9-11,14,17H,2-6,8H2,1H3. The van der Waals surface area contributed by atoms with Gasteiger partial charge in [0.1, 0.15) is 5.75 Å². The summed E-state index contributed by atoms with van der Waals surface area (Å²) in [6, 6.07) is 5.79.